The van der Waals surface area contributed by atoms with E-state index in [1.54, 1.807) is 0 Å². The van der Waals surface area contributed by atoms with E-state index in [0.29, 0.717) is 5.92 Å². The summed E-state index contributed by atoms with van der Waals surface area (Å²) in [6.07, 6.45) is 0. The van der Waals surface area contributed by atoms with Crippen molar-refractivity contribution in [3.63, 3.8) is 0 Å². The molecule has 1 N–H and O–H groups in total. The van der Waals surface area contributed by atoms with Gasteiger partial charge in [-0.05, 0) is 29.4 Å². The lowest BCUT2D eigenvalue weighted by Crippen LogP contribution is -2.38. The van der Waals surface area contributed by atoms with Gasteiger partial charge >= 0.3 is 0 Å². The Hall–Kier alpha value is -1.82. The normalized spacial score (nSPS) is 14.4. The molecule has 0 aromatic heterocycles. The molecule has 1 aromatic carbocycles. The summed E-state index contributed by atoms with van der Waals surface area (Å²) in [5, 5.41) is 12.2. The molecular formula is C18H26N2O. The Balaban J connectivity index is 2.86. The molecule has 0 bridgehead atoms. The van der Waals surface area contributed by atoms with Gasteiger partial charge in [-0.1, -0.05) is 58.9 Å². The maximum absolute atomic E-state index is 12.3. The number of hydrogen-bond donors (Lipinski definition) is 1. The number of nitrogens with one attached hydrogen (secondary N) is 1. The van der Waals surface area contributed by atoms with Crippen molar-refractivity contribution in [1.29, 1.82) is 5.26 Å². The minimum absolute atomic E-state index is 0.102. The highest BCUT2D eigenvalue weighted by Gasteiger charge is 2.32. The highest BCUT2D eigenvalue weighted by Crippen LogP contribution is 2.26. The number of carbonyl (C=O) groups excluding carboxylic acids is 1. The number of hydrogen-bond acceptors (Lipinski definition) is 2. The second-order valence-electron chi connectivity index (χ2n) is 6.98. The van der Waals surface area contributed by atoms with Crippen molar-refractivity contribution in [2.24, 2.45) is 11.3 Å². The molecule has 0 heterocycles. The van der Waals surface area contributed by atoms with Crippen molar-refractivity contribution in [2.75, 3.05) is 0 Å². The van der Waals surface area contributed by atoms with Crippen molar-refractivity contribution in [2.45, 2.75) is 53.5 Å². The van der Waals surface area contributed by atoms with Crippen LogP contribution in [0.3, 0.4) is 0 Å². The molecule has 114 valence electrons. The van der Waals surface area contributed by atoms with Crippen LogP contribution in [-0.2, 0) is 4.79 Å². The van der Waals surface area contributed by atoms with Crippen LogP contribution in [0.2, 0.25) is 0 Å². The number of carbonyl (C=O) groups is 1. The summed E-state index contributed by atoms with van der Waals surface area (Å²) in [4.78, 5) is 12.3. The maximum Gasteiger partial charge on any atom is 0.238 e. The molecule has 1 aromatic rings. The first-order chi connectivity index (χ1) is 9.66. The fraction of sp³-hybridized carbons (Fsp3) is 0.556. The maximum atomic E-state index is 12.3. The molecule has 0 radical (unpaired) electrons. The van der Waals surface area contributed by atoms with Gasteiger partial charge in [-0.25, -0.2) is 0 Å². The molecule has 2 atom stereocenters. The Morgan fingerprint density at radius 3 is 2.24 bits per heavy atom. The number of amides is 1. The van der Waals surface area contributed by atoms with Crippen LogP contribution in [0.5, 0.6) is 0 Å². The van der Waals surface area contributed by atoms with Gasteiger partial charge in [-0.15, -0.1) is 0 Å². The zero-order chi connectivity index (χ0) is 16.2. The van der Waals surface area contributed by atoms with E-state index in [9.17, 15) is 10.1 Å². The van der Waals surface area contributed by atoms with Gasteiger partial charge < -0.3 is 5.32 Å². The Morgan fingerprint density at radius 1 is 1.19 bits per heavy atom. The van der Waals surface area contributed by atoms with E-state index in [2.05, 4.69) is 37.4 Å². The van der Waals surface area contributed by atoms with Crippen molar-refractivity contribution in [3.8, 4) is 6.07 Å². The van der Waals surface area contributed by atoms with Gasteiger partial charge in [-0.3, -0.25) is 4.79 Å². The third-order valence-electron chi connectivity index (χ3n) is 3.69. The van der Waals surface area contributed by atoms with Gasteiger partial charge in [0, 0.05) is 0 Å². The molecule has 0 aliphatic rings. The van der Waals surface area contributed by atoms with Gasteiger partial charge in [0.15, 0.2) is 0 Å². The second kappa shape index (κ2) is 6.76. The molecule has 0 saturated carbocycles. The summed E-state index contributed by atoms with van der Waals surface area (Å²) >= 11 is 0. The van der Waals surface area contributed by atoms with Crippen molar-refractivity contribution < 1.29 is 4.79 Å². The molecule has 0 fully saturated rings. The minimum atomic E-state index is -0.645. The van der Waals surface area contributed by atoms with Crippen LogP contribution < -0.4 is 5.32 Å². The van der Waals surface area contributed by atoms with Crippen LogP contribution in [0, 0.1) is 22.7 Å². The highest BCUT2D eigenvalue weighted by molar-refractivity contribution is 5.82. The van der Waals surface area contributed by atoms with Crippen LogP contribution in [0.1, 0.15) is 64.6 Å². The van der Waals surface area contributed by atoms with Crippen molar-refractivity contribution >= 4 is 5.91 Å². The van der Waals surface area contributed by atoms with Gasteiger partial charge in [0.1, 0.15) is 5.92 Å². The quantitative estimate of drug-likeness (QED) is 0.903. The van der Waals surface area contributed by atoms with Crippen LogP contribution in [0.15, 0.2) is 24.3 Å². The molecule has 0 saturated heterocycles. The predicted octanol–water partition coefficient (Wildman–Crippen LogP) is 4.17. The van der Waals surface area contributed by atoms with E-state index in [1.807, 2.05) is 39.8 Å². The monoisotopic (exact) mass is 286 g/mol. The van der Waals surface area contributed by atoms with Crippen LogP contribution in [-0.4, -0.2) is 5.91 Å². The summed E-state index contributed by atoms with van der Waals surface area (Å²) in [6.45, 7) is 12.0. The lowest BCUT2D eigenvalue weighted by Gasteiger charge is -2.25. The van der Waals surface area contributed by atoms with Crippen LogP contribution >= 0.6 is 0 Å². The topological polar surface area (TPSA) is 52.9 Å². The lowest BCUT2D eigenvalue weighted by molar-refractivity contribution is -0.126. The summed E-state index contributed by atoms with van der Waals surface area (Å²) in [5.74, 6) is -0.394. The van der Waals surface area contributed by atoms with E-state index in [4.69, 9.17) is 0 Å². The van der Waals surface area contributed by atoms with Crippen LogP contribution in [0.25, 0.3) is 0 Å². The largest absolute Gasteiger partial charge is 0.348 e. The van der Waals surface area contributed by atoms with Gasteiger partial charge in [0.2, 0.25) is 5.91 Å². The third kappa shape index (κ3) is 4.60. The SMILES string of the molecule is CC(C)c1cccc(C(C)NC(=O)C(C#N)C(C)(C)C)c1. The molecule has 1 rings (SSSR count). The van der Waals surface area contributed by atoms with Crippen molar-refractivity contribution in [1.82, 2.24) is 5.32 Å². The minimum Gasteiger partial charge on any atom is -0.348 e. The molecule has 21 heavy (non-hydrogen) atoms. The van der Waals surface area contributed by atoms with Gasteiger partial charge in [-0.2, -0.15) is 5.26 Å². The van der Waals surface area contributed by atoms with E-state index >= 15 is 0 Å². The molecule has 1 amide bonds. The first kappa shape index (κ1) is 17.2. The first-order valence-electron chi connectivity index (χ1n) is 7.46. The van der Waals surface area contributed by atoms with Crippen LogP contribution in [0.4, 0.5) is 0 Å². The third-order valence-corrected chi connectivity index (χ3v) is 3.69. The highest BCUT2D eigenvalue weighted by atomic mass is 16.2. The molecule has 0 aliphatic heterocycles. The summed E-state index contributed by atoms with van der Waals surface area (Å²) in [7, 11) is 0. The zero-order valence-electron chi connectivity index (χ0n) is 13.9. The Kier molecular flexibility index (Phi) is 5.54. The summed E-state index contributed by atoms with van der Waals surface area (Å²) < 4.78 is 0. The fourth-order valence-corrected chi connectivity index (χ4v) is 2.21. The Morgan fingerprint density at radius 2 is 1.76 bits per heavy atom. The number of rotatable bonds is 4. The lowest BCUT2D eigenvalue weighted by atomic mass is 9.81. The molecular weight excluding hydrogens is 260 g/mol. The second-order valence-corrected chi connectivity index (χ2v) is 6.98. The Labute approximate surface area is 128 Å². The molecule has 3 nitrogen and oxygen atoms in total. The number of benzene rings is 1. The molecule has 3 heteroatoms. The number of nitrogens with zero attached hydrogens (tertiary/aromatic N) is 1. The van der Waals surface area contributed by atoms with Crippen molar-refractivity contribution in [3.05, 3.63) is 35.4 Å². The Bertz CT molecular complexity index is 535. The molecule has 0 aliphatic carbocycles. The van der Waals surface area contributed by atoms with E-state index in [1.165, 1.54) is 5.56 Å². The van der Waals surface area contributed by atoms with E-state index in [0.717, 1.165) is 5.56 Å². The average Bonchev–Trinajstić information content (AvgIpc) is 2.37. The summed E-state index contributed by atoms with van der Waals surface area (Å²) in [5.41, 5.74) is 1.96. The van der Waals surface area contributed by atoms with E-state index in [-0.39, 0.29) is 17.4 Å². The zero-order valence-corrected chi connectivity index (χ0v) is 13.9. The van der Waals surface area contributed by atoms with E-state index < -0.39 is 5.92 Å². The summed E-state index contributed by atoms with van der Waals surface area (Å²) in [6, 6.07) is 10.2. The average molecular weight is 286 g/mol. The molecule has 2 unspecified atom stereocenters. The van der Waals surface area contributed by atoms with Gasteiger partial charge in [0.25, 0.3) is 0 Å². The van der Waals surface area contributed by atoms with Gasteiger partial charge in [0.05, 0.1) is 12.1 Å². The molecule has 0 spiro atoms. The smallest absolute Gasteiger partial charge is 0.238 e. The predicted molar refractivity (Wildman–Crippen MR) is 85.6 cm³/mol. The standard InChI is InChI=1S/C18H26N2O/c1-12(2)14-8-7-9-15(10-14)13(3)20-17(21)16(11-19)18(4,5)6/h7-10,12-13,16H,1-6H3,(H,20,21). The number of nitriles is 1. The fourth-order valence-electron chi connectivity index (χ4n) is 2.21. The first-order valence-corrected chi connectivity index (χ1v) is 7.46.